The van der Waals surface area contributed by atoms with Crippen molar-refractivity contribution in [2.24, 2.45) is 0 Å². The first kappa shape index (κ1) is 21.9. The molecule has 5 nitrogen and oxygen atoms in total. The first-order valence-corrected chi connectivity index (χ1v) is 13.2. The van der Waals surface area contributed by atoms with E-state index < -0.39 is 45.8 Å². The summed E-state index contributed by atoms with van der Waals surface area (Å²) < 4.78 is 82.9. The van der Waals surface area contributed by atoms with Gasteiger partial charge in [0.15, 0.2) is 0 Å². The Morgan fingerprint density at radius 2 is 1.59 bits per heavy atom. The second kappa shape index (κ2) is 8.33. The van der Waals surface area contributed by atoms with Crippen LogP contribution in [0.25, 0.3) is 0 Å². The predicted octanol–water partition coefficient (Wildman–Crippen LogP) is 0.628. The molecule has 0 radical (unpaired) electrons. The molecular weight excluding hydrogens is 500 g/mol. The third-order valence-electron chi connectivity index (χ3n) is 3.44. The molecule has 0 aliphatic rings. The van der Waals surface area contributed by atoms with Gasteiger partial charge in [-0.25, -0.2) is 0 Å². The molecule has 2 aromatic carbocycles. The zero-order valence-electron chi connectivity index (χ0n) is 14.4. The van der Waals surface area contributed by atoms with Crippen LogP contribution in [0.2, 0.25) is 0 Å². The summed E-state index contributed by atoms with van der Waals surface area (Å²) in [5.41, 5.74) is 0. The van der Waals surface area contributed by atoms with Crippen LogP contribution in [0, 0.1) is 7.14 Å². The van der Waals surface area contributed by atoms with Gasteiger partial charge >= 0.3 is 161 Å². The van der Waals surface area contributed by atoms with Gasteiger partial charge in [-0.05, 0) is 0 Å². The molecule has 0 bridgehead atoms. The molecule has 0 N–H and O–H groups in total. The van der Waals surface area contributed by atoms with E-state index in [0.717, 1.165) is 24.3 Å². The van der Waals surface area contributed by atoms with Crippen LogP contribution in [0.5, 0.6) is 5.75 Å². The second-order valence-electron chi connectivity index (χ2n) is 5.29. The molecule has 2 rings (SSSR count). The van der Waals surface area contributed by atoms with Gasteiger partial charge in [0, 0.05) is 0 Å². The van der Waals surface area contributed by atoms with Gasteiger partial charge in [0.1, 0.15) is 0 Å². The van der Waals surface area contributed by atoms with Crippen LogP contribution in [0.4, 0.5) is 11.6 Å². The van der Waals surface area contributed by atoms with E-state index in [4.69, 9.17) is 9.47 Å². The fraction of sp³-hybridized carbons (Fsp3) is 0.294. The second-order valence-corrected chi connectivity index (χ2v) is 14.1. The number of hydrogen-bond donors (Lipinski definition) is 0. The summed E-state index contributed by atoms with van der Waals surface area (Å²) >= 11 is -6.32. The SMILES string of the molecule is CCOC(C)Oc1ccc([I-](F)(c2ccccc2)C(F)(F)S(=O)(=O)[O-])cc1. The molecule has 2 atom stereocenters. The van der Waals surface area contributed by atoms with E-state index in [2.05, 4.69) is 0 Å². The fourth-order valence-corrected chi connectivity index (χ4v) is 10.9. The molecule has 2 aromatic rings. The van der Waals surface area contributed by atoms with Crippen LogP contribution in [0.3, 0.4) is 0 Å². The van der Waals surface area contributed by atoms with E-state index in [1.54, 1.807) is 13.8 Å². The third-order valence-corrected chi connectivity index (χ3v) is 13.7. The maximum absolute atomic E-state index is 15.8. The van der Waals surface area contributed by atoms with Gasteiger partial charge in [0.25, 0.3) is 0 Å². The van der Waals surface area contributed by atoms with Gasteiger partial charge in [-0.1, -0.05) is 0 Å². The topological polar surface area (TPSA) is 75.7 Å². The van der Waals surface area contributed by atoms with Crippen LogP contribution in [0.1, 0.15) is 13.8 Å². The van der Waals surface area contributed by atoms with Gasteiger partial charge < -0.3 is 0 Å². The summed E-state index contributed by atoms with van der Waals surface area (Å²) in [6.45, 7) is 3.78. The molecule has 0 amide bonds. The minimum atomic E-state index is -6.32. The number of rotatable bonds is 8. The molecule has 0 spiro atoms. The van der Waals surface area contributed by atoms with Crippen molar-refractivity contribution >= 4 is 10.1 Å². The summed E-state index contributed by atoms with van der Waals surface area (Å²) in [6.07, 6.45) is -0.616. The van der Waals surface area contributed by atoms with E-state index in [0.29, 0.717) is 6.61 Å². The molecule has 2 unspecified atom stereocenters. The molecule has 0 saturated carbocycles. The summed E-state index contributed by atoms with van der Waals surface area (Å²) in [5.74, 6) is 0.226. The van der Waals surface area contributed by atoms with Gasteiger partial charge in [0.2, 0.25) is 0 Å². The maximum atomic E-state index is 15.8. The van der Waals surface area contributed by atoms with E-state index in [1.807, 2.05) is 0 Å². The van der Waals surface area contributed by atoms with E-state index in [-0.39, 0.29) is 5.75 Å². The van der Waals surface area contributed by atoms with Crippen LogP contribution in [0.15, 0.2) is 54.6 Å². The van der Waals surface area contributed by atoms with E-state index in [1.165, 1.54) is 30.3 Å². The van der Waals surface area contributed by atoms with Crippen molar-refractivity contribution in [2.45, 2.75) is 23.4 Å². The zero-order chi connectivity index (χ0) is 20.3. The van der Waals surface area contributed by atoms with Gasteiger partial charge in [-0.3, -0.25) is 0 Å². The van der Waals surface area contributed by atoms with Crippen molar-refractivity contribution in [1.29, 1.82) is 0 Å². The Labute approximate surface area is 160 Å². The monoisotopic (exact) mass is 518 g/mol. The molecule has 0 heterocycles. The van der Waals surface area contributed by atoms with Crippen LogP contribution in [-0.2, 0) is 14.9 Å². The summed E-state index contributed by atoms with van der Waals surface area (Å²) in [6, 6.07) is 10.7. The van der Waals surface area contributed by atoms with Crippen molar-refractivity contribution < 1.29 is 53.1 Å². The first-order chi connectivity index (χ1) is 12.5. The molecule has 10 heteroatoms. The number of benzene rings is 2. The number of halogens is 4. The number of alkyl halides is 3. The molecule has 0 aliphatic carbocycles. The number of hydrogen-bond acceptors (Lipinski definition) is 5. The van der Waals surface area contributed by atoms with E-state index in [9.17, 15) is 21.8 Å². The first-order valence-electron chi connectivity index (χ1n) is 7.77. The van der Waals surface area contributed by atoms with Gasteiger partial charge in [-0.15, -0.1) is 0 Å². The summed E-state index contributed by atoms with van der Waals surface area (Å²) in [5, 5.41) is 0. The van der Waals surface area contributed by atoms with Crippen molar-refractivity contribution in [1.82, 2.24) is 0 Å². The Hall–Kier alpha value is -1.37. The quantitative estimate of drug-likeness (QED) is 0.222. The molecule has 0 aromatic heterocycles. The number of ether oxygens (including phenoxy) is 2. The molecule has 0 fully saturated rings. The molecule has 27 heavy (non-hydrogen) atoms. The Morgan fingerprint density at radius 3 is 2.07 bits per heavy atom. The van der Waals surface area contributed by atoms with Gasteiger partial charge in [0.05, 0.1) is 0 Å². The Balaban J connectivity index is 2.53. The minimum absolute atomic E-state index is 0.226. The summed E-state index contributed by atoms with van der Waals surface area (Å²) in [7, 11) is -6.22. The fourth-order valence-electron chi connectivity index (χ4n) is 2.25. The molecule has 152 valence electrons. The molecule has 0 aliphatic heterocycles. The Morgan fingerprint density at radius 1 is 1.07 bits per heavy atom. The Bertz CT molecular complexity index is 862. The Kier molecular flexibility index (Phi) is 6.77. The average molecular weight is 518 g/mol. The van der Waals surface area contributed by atoms with Crippen LogP contribution < -0.4 is 23.7 Å². The van der Waals surface area contributed by atoms with Crippen molar-refractivity contribution in [2.75, 3.05) is 6.61 Å². The van der Waals surface area contributed by atoms with Crippen LogP contribution >= 0.6 is 0 Å². The van der Waals surface area contributed by atoms with E-state index >= 15 is 2.86 Å². The normalized spacial score (nSPS) is 17.0. The standard InChI is InChI=1S/C17H19F3IO5S/c1-3-25-13(2)26-16-11-9-15(10-12-16)21(20,14-7-5-4-6-8-14)17(18,19)27(22,23)24/h4-13H,3H2,1-2H3,(H,22,23,24)/q-1/p-1. The third kappa shape index (κ3) is 4.39. The van der Waals surface area contributed by atoms with Crippen LogP contribution in [-0.4, -0.2) is 29.1 Å². The van der Waals surface area contributed by atoms with Crippen molar-refractivity contribution in [3.8, 4) is 5.75 Å². The zero-order valence-corrected chi connectivity index (χ0v) is 17.4. The summed E-state index contributed by atoms with van der Waals surface area (Å²) in [4.78, 5) is 0. The van der Waals surface area contributed by atoms with Crippen molar-refractivity contribution in [3.05, 3.63) is 61.7 Å². The predicted molar refractivity (Wildman–Crippen MR) is 87.7 cm³/mol. The average Bonchev–Trinajstić information content (AvgIpc) is 2.61. The molecule has 0 saturated heterocycles. The molecular formula is C17H18F3IO5S-2. The van der Waals surface area contributed by atoms with Gasteiger partial charge in [-0.2, -0.15) is 0 Å². The van der Waals surface area contributed by atoms with Crippen molar-refractivity contribution in [3.63, 3.8) is 0 Å².